The highest BCUT2D eigenvalue weighted by Crippen LogP contribution is 2.25. The maximum Gasteiger partial charge on any atom is 0.215 e. The van der Waals surface area contributed by atoms with Crippen LogP contribution in [0.3, 0.4) is 0 Å². The molecule has 0 atom stereocenters. The molecule has 0 bridgehead atoms. The van der Waals surface area contributed by atoms with Crippen molar-refractivity contribution in [1.82, 2.24) is 41.9 Å². The number of imidazole rings is 6. The first-order valence-electron chi connectivity index (χ1n) is 16.2. The second-order valence-electron chi connectivity index (χ2n) is 10.6. The molecule has 0 radical (unpaired) electrons. The van der Waals surface area contributed by atoms with Gasteiger partial charge in [-0.25, -0.2) is 15.0 Å². The first-order chi connectivity index (χ1) is 23.1. The zero-order chi connectivity index (χ0) is 33.1. The number of fused-ring (bicyclic) bond motifs is 11. The molecular formula is C38H41N9. The van der Waals surface area contributed by atoms with Crippen molar-refractivity contribution in [2.45, 2.75) is 27.7 Å². The molecule has 10 rings (SSSR count). The molecule has 9 heteroatoms. The summed E-state index contributed by atoms with van der Waals surface area (Å²) in [7, 11) is 6.09. The Kier molecular flexibility index (Phi) is 8.79. The van der Waals surface area contributed by atoms with Gasteiger partial charge in [-0.2, -0.15) is 0 Å². The Hall–Kier alpha value is -5.83. The molecule has 0 aliphatic carbocycles. The van der Waals surface area contributed by atoms with E-state index in [4.69, 9.17) is 0 Å². The summed E-state index contributed by atoms with van der Waals surface area (Å²) >= 11 is 0. The van der Waals surface area contributed by atoms with Crippen molar-refractivity contribution in [3.05, 3.63) is 122 Å². The van der Waals surface area contributed by atoms with E-state index >= 15 is 0 Å². The predicted octanol–water partition coefficient (Wildman–Crippen LogP) is 8.68. The van der Waals surface area contributed by atoms with E-state index in [9.17, 15) is 0 Å². The molecule has 6 aromatic heterocycles. The molecule has 10 aromatic rings. The lowest BCUT2D eigenvalue weighted by Crippen LogP contribution is -1.87. The van der Waals surface area contributed by atoms with E-state index in [0.717, 1.165) is 33.9 Å². The van der Waals surface area contributed by atoms with Gasteiger partial charge in [0.25, 0.3) is 0 Å². The topological polar surface area (TPSA) is 66.7 Å². The summed E-state index contributed by atoms with van der Waals surface area (Å²) in [6.45, 7) is 8.00. The van der Waals surface area contributed by atoms with Crippen molar-refractivity contribution in [1.29, 1.82) is 0 Å². The minimum atomic E-state index is 0.987. The van der Waals surface area contributed by atoms with Crippen LogP contribution in [0, 0.1) is 0 Å². The Bertz CT molecular complexity index is 2560. The molecule has 0 amide bonds. The summed E-state index contributed by atoms with van der Waals surface area (Å²) < 4.78 is 12.6. The average Bonchev–Trinajstić information content (AvgIpc) is 3.98. The number of rotatable bonds is 0. The maximum atomic E-state index is 4.68. The normalized spacial score (nSPS) is 10.9. The summed E-state index contributed by atoms with van der Waals surface area (Å²) in [5.41, 5.74) is 9.26. The molecule has 0 fully saturated rings. The minimum Gasteiger partial charge on any atom is -0.320 e. The van der Waals surface area contributed by atoms with E-state index < -0.39 is 0 Å². The van der Waals surface area contributed by atoms with Crippen LogP contribution >= 0.6 is 0 Å². The Morgan fingerprint density at radius 3 is 1.57 bits per heavy atom. The highest BCUT2D eigenvalue weighted by Gasteiger charge is 2.12. The van der Waals surface area contributed by atoms with Crippen molar-refractivity contribution in [2.24, 2.45) is 21.1 Å². The number of aromatic nitrogens is 9. The summed E-state index contributed by atoms with van der Waals surface area (Å²) in [5.74, 6) is 2.97. The van der Waals surface area contributed by atoms with Gasteiger partial charge in [0.1, 0.15) is 0 Å². The van der Waals surface area contributed by atoms with E-state index in [2.05, 4.69) is 105 Å². The SMILES string of the molecule is CC.CC.Cn1c2ccccc2n2c3ccccc3nc12.Cn1c2ccccc2n2ccnc12.Cn1ccn2c3ccccc3nc12. The van der Waals surface area contributed by atoms with Gasteiger partial charge >= 0.3 is 0 Å². The second-order valence-corrected chi connectivity index (χ2v) is 10.6. The maximum absolute atomic E-state index is 4.68. The summed E-state index contributed by atoms with van der Waals surface area (Å²) in [4.78, 5) is 13.5. The van der Waals surface area contributed by atoms with Gasteiger partial charge < -0.3 is 13.7 Å². The van der Waals surface area contributed by atoms with E-state index in [1.807, 2.05) is 108 Å². The van der Waals surface area contributed by atoms with Crippen LogP contribution in [0.4, 0.5) is 0 Å². The Balaban J connectivity index is 0.000000118. The van der Waals surface area contributed by atoms with E-state index in [1.54, 1.807) is 0 Å². The van der Waals surface area contributed by atoms with Crippen LogP contribution in [0.2, 0.25) is 0 Å². The smallest absolute Gasteiger partial charge is 0.215 e. The van der Waals surface area contributed by atoms with Crippen molar-refractivity contribution in [3.63, 3.8) is 0 Å². The van der Waals surface area contributed by atoms with Gasteiger partial charge in [0, 0.05) is 45.9 Å². The van der Waals surface area contributed by atoms with Crippen molar-refractivity contribution in [2.75, 3.05) is 0 Å². The number of hydrogen-bond acceptors (Lipinski definition) is 3. The van der Waals surface area contributed by atoms with Gasteiger partial charge in [-0.15, -0.1) is 0 Å². The predicted molar refractivity (Wildman–Crippen MR) is 195 cm³/mol. The lowest BCUT2D eigenvalue weighted by atomic mass is 10.3. The summed E-state index contributed by atoms with van der Waals surface area (Å²) in [5, 5.41) is 0. The fourth-order valence-corrected chi connectivity index (χ4v) is 5.97. The van der Waals surface area contributed by atoms with Gasteiger partial charge in [0.15, 0.2) is 0 Å². The first kappa shape index (κ1) is 31.2. The van der Waals surface area contributed by atoms with Crippen LogP contribution < -0.4 is 0 Å². The van der Waals surface area contributed by atoms with E-state index in [1.165, 1.54) is 27.6 Å². The molecule has 0 aliphatic heterocycles. The Labute approximate surface area is 273 Å². The lowest BCUT2D eigenvalue weighted by molar-refractivity contribution is 0.940. The van der Waals surface area contributed by atoms with Crippen molar-refractivity contribution < 1.29 is 0 Å². The quantitative estimate of drug-likeness (QED) is 0.170. The molecule has 0 saturated carbocycles. The zero-order valence-electron chi connectivity index (χ0n) is 28.1. The minimum absolute atomic E-state index is 0.987. The largest absolute Gasteiger partial charge is 0.320 e. The van der Waals surface area contributed by atoms with E-state index in [-0.39, 0.29) is 0 Å². The van der Waals surface area contributed by atoms with Crippen LogP contribution in [0.25, 0.3) is 61.5 Å². The highest BCUT2D eigenvalue weighted by atomic mass is 15.2. The number of aryl methyl sites for hydroxylation is 3. The summed E-state index contributed by atoms with van der Waals surface area (Å²) in [6.07, 6.45) is 7.85. The lowest BCUT2D eigenvalue weighted by Gasteiger charge is -1.94. The molecule has 47 heavy (non-hydrogen) atoms. The molecule has 4 aromatic carbocycles. The number of benzene rings is 4. The number of nitrogens with zero attached hydrogens (tertiary/aromatic N) is 9. The molecule has 238 valence electrons. The van der Waals surface area contributed by atoms with Crippen LogP contribution in [-0.2, 0) is 21.1 Å². The van der Waals surface area contributed by atoms with Gasteiger partial charge in [-0.1, -0.05) is 76.2 Å². The van der Waals surface area contributed by atoms with Crippen LogP contribution in [0.5, 0.6) is 0 Å². The monoisotopic (exact) mass is 623 g/mol. The zero-order valence-corrected chi connectivity index (χ0v) is 28.1. The molecule has 9 nitrogen and oxygen atoms in total. The van der Waals surface area contributed by atoms with Gasteiger partial charge in [-0.3, -0.25) is 13.2 Å². The highest BCUT2D eigenvalue weighted by molar-refractivity contribution is 5.90. The van der Waals surface area contributed by atoms with Crippen molar-refractivity contribution in [3.8, 4) is 0 Å². The average molecular weight is 624 g/mol. The second kappa shape index (κ2) is 13.3. The van der Waals surface area contributed by atoms with Gasteiger partial charge in [0.05, 0.1) is 44.1 Å². The third-order valence-electron chi connectivity index (χ3n) is 8.08. The van der Waals surface area contributed by atoms with Gasteiger partial charge in [0.2, 0.25) is 17.3 Å². The Morgan fingerprint density at radius 1 is 0.426 bits per heavy atom. The van der Waals surface area contributed by atoms with E-state index in [0.29, 0.717) is 0 Å². The van der Waals surface area contributed by atoms with Crippen LogP contribution in [-0.4, -0.2) is 41.9 Å². The molecule has 0 spiro atoms. The molecule has 0 aliphatic rings. The molecule has 0 unspecified atom stereocenters. The number of hydrogen-bond donors (Lipinski definition) is 0. The molecule has 6 heterocycles. The third kappa shape index (κ3) is 5.29. The summed E-state index contributed by atoms with van der Waals surface area (Å²) in [6, 6.07) is 33.1. The fraction of sp³-hybridized carbons (Fsp3) is 0.184. The third-order valence-corrected chi connectivity index (χ3v) is 8.08. The Morgan fingerprint density at radius 2 is 0.894 bits per heavy atom. The first-order valence-corrected chi connectivity index (χ1v) is 16.2. The standard InChI is InChI=1S/C14H11N3.2C10H9N3.2C2H6/c1-16-12-8-4-5-9-13(12)17-11-7-3-2-6-10(11)15-14(16)17;1-12-6-7-13-9-5-3-2-4-8(9)11-10(12)13;1-12-8-4-2-3-5-9(8)13-7-6-11-10(12)13;2*1-2/h2-9H,1H3;2*2-7H,1H3;2*1-2H3. The van der Waals surface area contributed by atoms with Crippen LogP contribution in [0.15, 0.2) is 122 Å². The molecular weight excluding hydrogens is 582 g/mol. The van der Waals surface area contributed by atoms with Crippen molar-refractivity contribution >= 4 is 61.5 Å². The fourth-order valence-electron chi connectivity index (χ4n) is 5.97. The number of para-hydroxylation sites is 8. The van der Waals surface area contributed by atoms with Crippen LogP contribution in [0.1, 0.15) is 27.7 Å². The molecule has 0 saturated heterocycles. The van der Waals surface area contributed by atoms with Gasteiger partial charge in [-0.05, 0) is 48.5 Å². The molecule has 0 N–H and O–H groups in total.